The number of aliphatic hydroxyl groups excluding tert-OH is 1. The van der Waals surface area contributed by atoms with E-state index in [1.54, 1.807) is 0 Å². The average Bonchev–Trinajstić information content (AvgIpc) is 1.84. The van der Waals surface area contributed by atoms with E-state index in [2.05, 4.69) is 10.4 Å². The van der Waals surface area contributed by atoms with Crippen LogP contribution >= 0.6 is 0 Å². The zero-order valence-electron chi connectivity index (χ0n) is 5.62. The number of nitrogens with one attached hydrogen (secondary N) is 1. The van der Waals surface area contributed by atoms with Gasteiger partial charge in [0.05, 0.1) is 12.1 Å². The van der Waals surface area contributed by atoms with Crippen LogP contribution in [0.25, 0.3) is 0 Å². The number of rotatable bonds is 1. The lowest BCUT2D eigenvalue weighted by Crippen LogP contribution is -2.41. The third-order valence-electron chi connectivity index (χ3n) is 1.56. The predicted octanol–water partition coefficient (Wildman–Crippen LogP) is -1.71. The monoisotopic (exact) mass is 144 g/mol. The summed E-state index contributed by atoms with van der Waals surface area (Å²) in [6.07, 6.45) is 1.20. The molecule has 0 atom stereocenters. The summed E-state index contributed by atoms with van der Waals surface area (Å²) < 4.78 is 0. The maximum absolute atomic E-state index is 8.84. The Balaban J connectivity index is 2.26. The minimum Gasteiger partial charge on any atom is -0.393 e. The molecule has 0 aromatic rings. The highest BCUT2D eigenvalue weighted by Crippen LogP contribution is 2.22. The summed E-state index contributed by atoms with van der Waals surface area (Å²) in [6, 6.07) is 0.158. The van der Waals surface area contributed by atoms with Crippen molar-refractivity contribution in [3.05, 3.63) is 0 Å². The second kappa shape index (κ2) is 2.85. The van der Waals surface area contributed by atoms with Crippen LogP contribution in [0.5, 0.6) is 0 Å². The Bertz CT molecular complexity index is 141. The molecule has 10 heavy (non-hydrogen) atoms. The van der Waals surface area contributed by atoms with Crippen molar-refractivity contribution in [1.29, 1.82) is 0 Å². The quantitative estimate of drug-likeness (QED) is 0.152. The average molecular weight is 144 g/mol. The summed E-state index contributed by atoms with van der Waals surface area (Å²) in [4.78, 5) is 3.95. The van der Waals surface area contributed by atoms with E-state index in [0.717, 1.165) is 0 Å². The van der Waals surface area contributed by atoms with Gasteiger partial charge in [-0.1, -0.05) is 0 Å². The summed E-state index contributed by atoms with van der Waals surface area (Å²) in [5.74, 6) is 5.20. The van der Waals surface area contributed by atoms with E-state index in [9.17, 15) is 0 Å². The van der Waals surface area contributed by atoms with Crippen LogP contribution in [0, 0.1) is 0 Å². The Kier molecular flexibility index (Phi) is 2.08. The Morgan fingerprint density at radius 2 is 2.20 bits per heavy atom. The molecule has 1 fully saturated rings. The molecule has 0 spiro atoms. The zero-order chi connectivity index (χ0) is 7.56. The van der Waals surface area contributed by atoms with Crippen molar-refractivity contribution in [2.75, 3.05) is 0 Å². The van der Waals surface area contributed by atoms with Crippen molar-refractivity contribution in [3.8, 4) is 0 Å². The van der Waals surface area contributed by atoms with Crippen molar-refractivity contribution in [3.63, 3.8) is 0 Å². The molecular weight excluding hydrogens is 132 g/mol. The van der Waals surface area contributed by atoms with Gasteiger partial charge in [-0.3, -0.25) is 5.43 Å². The fourth-order valence-corrected chi connectivity index (χ4v) is 0.898. The molecule has 6 N–H and O–H groups in total. The molecule has 0 bridgehead atoms. The molecule has 5 nitrogen and oxygen atoms in total. The van der Waals surface area contributed by atoms with Crippen LogP contribution < -0.4 is 17.0 Å². The van der Waals surface area contributed by atoms with Crippen molar-refractivity contribution >= 4 is 5.96 Å². The first-order chi connectivity index (χ1) is 4.72. The number of hydrogen-bond acceptors (Lipinski definition) is 3. The second-order valence-electron chi connectivity index (χ2n) is 2.44. The van der Waals surface area contributed by atoms with E-state index in [-0.39, 0.29) is 18.1 Å². The molecule has 0 aromatic heterocycles. The number of aliphatic imine (C=N–C) groups is 1. The maximum Gasteiger partial charge on any atom is 0.203 e. The third kappa shape index (κ3) is 1.58. The molecule has 1 rings (SSSR count). The normalized spacial score (nSPS) is 33.2. The summed E-state index contributed by atoms with van der Waals surface area (Å²) in [5, 5.41) is 8.84. The maximum atomic E-state index is 8.84. The van der Waals surface area contributed by atoms with Crippen LogP contribution in [0.2, 0.25) is 0 Å². The molecule has 58 valence electrons. The van der Waals surface area contributed by atoms with Gasteiger partial charge in [-0.25, -0.2) is 10.8 Å². The van der Waals surface area contributed by atoms with E-state index in [4.69, 9.17) is 16.7 Å². The van der Waals surface area contributed by atoms with Gasteiger partial charge in [0.2, 0.25) is 5.96 Å². The first-order valence-electron chi connectivity index (χ1n) is 3.20. The topological polar surface area (TPSA) is 96.7 Å². The standard InChI is InChI=1S/C5H12N4O/c6-5(9-7)8-3-1-4(10)2-3/h3-4,10H,1-2,7H2,(H3,6,8,9). The molecule has 0 heterocycles. The molecular formula is C5H12N4O. The fraction of sp³-hybridized carbons (Fsp3) is 0.800. The first-order valence-corrected chi connectivity index (χ1v) is 3.20. The lowest BCUT2D eigenvalue weighted by atomic mass is 9.90. The Morgan fingerprint density at radius 1 is 1.60 bits per heavy atom. The van der Waals surface area contributed by atoms with Crippen molar-refractivity contribution in [2.24, 2.45) is 16.6 Å². The molecule has 0 amide bonds. The second-order valence-corrected chi connectivity index (χ2v) is 2.44. The molecule has 0 unspecified atom stereocenters. The van der Waals surface area contributed by atoms with Crippen molar-refractivity contribution in [2.45, 2.75) is 25.0 Å². The molecule has 0 aromatic carbocycles. The number of hydrogen-bond donors (Lipinski definition) is 4. The van der Waals surface area contributed by atoms with E-state index < -0.39 is 0 Å². The smallest absolute Gasteiger partial charge is 0.203 e. The largest absolute Gasteiger partial charge is 0.393 e. The van der Waals surface area contributed by atoms with Crippen LogP contribution in [0.4, 0.5) is 0 Å². The minimum atomic E-state index is -0.195. The fourth-order valence-electron chi connectivity index (χ4n) is 0.898. The molecule has 1 saturated carbocycles. The van der Waals surface area contributed by atoms with Crippen LogP contribution in [0.3, 0.4) is 0 Å². The van der Waals surface area contributed by atoms with Gasteiger partial charge in [0.1, 0.15) is 0 Å². The summed E-state index contributed by atoms with van der Waals surface area (Å²) >= 11 is 0. The molecule has 1 aliphatic carbocycles. The third-order valence-corrected chi connectivity index (χ3v) is 1.56. The molecule has 5 heteroatoms. The van der Waals surface area contributed by atoms with E-state index in [1.165, 1.54) is 0 Å². The van der Waals surface area contributed by atoms with Crippen LogP contribution in [-0.4, -0.2) is 23.2 Å². The van der Waals surface area contributed by atoms with Gasteiger partial charge in [0.15, 0.2) is 0 Å². The summed E-state index contributed by atoms with van der Waals surface area (Å²) in [7, 11) is 0. The summed E-state index contributed by atoms with van der Waals surface area (Å²) in [6.45, 7) is 0. The number of nitrogens with two attached hydrogens (primary N) is 2. The highest BCUT2D eigenvalue weighted by molar-refractivity contribution is 5.77. The lowest BCUT2D eigenvalue weighted by Gasteiger charge is -2.27. The first kappa shape index (κ1) is 7.30. The number of aliphatic hydroxyl groups is 1. The Labute approximate surface area is 59.1 Å². The lowest BCUT2D eigenvalue weighted by molar-refractivity contribution is 0.0777. The van der Waals surface area contributed by atoms with Gasteiger partial charge in [-0.05, 0) is 12.8 Å². The number of guanidine groups is 1. The van der Waals surface area contributed by atoms with Gasteiger partial charge in [-0.2, -0.15) is 0 Å². The Morgan fingerprint density at radius 3 is 2.60 bits per heavy atom. The van der Waals surface area contributed by atoms with Crippen LogP contribution in [0.15, 0.2) is 4.99 Å². The van der Waals surface area contributed by atoms with Gasteiger partial charge in [0.25, 0.3) is 0 Å². The molecule has 0 saturated heterocycles. The van der Waals surface area contributed by atoms with Crippen molar-refractivity contribution < 1.29 is 5.11 Å². The van der Waals surface area contributed by atoms with Crippen LogP contribution in [-0.2, 0) is 0 Å². The van der Waals surface area contributed by atoms with E-state index in [1.807, 2.05) is 0 Å². The SMILES string of the molecule is NNC(N)=NC1CC(O)C1. The number of hydrazine groups is 1. The predicted molar refractivity (Wildman–Crippen MR) is 38.0 cm³/mol. The zero-order valence-corrected chi connectivity index (χ0v) is 5.62. The van der Waals surface area contributed by atoms with Crippen LogP contribution in [0.1, 0.15) is 12.8 Å². The van der Waals surface area contributed by atoms with Crippen molar-refractivity contribution in [1.82, 2.24) is 5.43 Å². The number of nitrogens with zero attached hydrogens (tertiary/aromatic N) is 1. The van der Waals surface area contributed by atoms with Gasteiger partial charge in [0, 0.05) is 0 Å². The summed E-state index contributed by atoms with van der Waals surface area (Å²) in [5.41, 5.74) is 7.49. The molecule has 0 aliphatic heterocycles. The highest BCUT2D eigenvalue weighted by Gasteiger charge is 2.26. The van der Waals surface area contributed by atoms with E-state index in [0.29, 0.717) is 12.8 Å². The van der Waals surface area contributed by atoms with Gasteiger partial charge >= 0.3 is 0 Å². The minimum absolute atomic E-state index is 0.158. The van der Waals surface area contributed by atoms with E-state index >= 15 is 0 Å². The molecule has 1 aliphatic rings. The Hall–Kier alpha value is -0.810. The van der Waals surface area contributed by atoms with Gasteiger partial charge < -0.3 is 10.8 Å². The molecule has 0 radical (unpaired) electrons. The highest BCUT2D eigenvalue weighted by atomic mass is 16.3. The van der Waals surface area contributed by atoms with Gasteiger partial charge in [-0.15, -0.1) is 0 Å².